The molecule has 0 aliphatic rings. The van der Waals surface area contributed by atoms with Crippen LogP contribution >= 0.6 is 0 Å². The fourth-order valence-corrected chi connectivity index (χ4v) is 8.82. The van der Waals surface area contributed by atoms with E-state index in [-0.39, 0.29) is 0 Å². The maximum absolute atomic E-state index is 10.7. The number of hydrogen-bond donors (Lipinski definition) is 0. The van der Waals surface area contributed by atoms with E-state index in [0.717, 1.165) is 71.8 Å². The second kappa shape index (κ2) is 11.8. The van der Waals surface area contributed by atoms with Gasteiger partial charge in [0.1, 0.15) is 6.07 Å². The van der Waals surface area contributed by atoms with Gasteiger partial charge in [0.25, 0.3) is 0 Å². The van der Waals surface area contributed by atoms with E-state index in [4.69, 9.17) is 6.57 Å². The van der Waals surface area contributed by atoms with Crippen LogP contribution in [0.5, 0.6) is 0 Å². The fourth-order valence-electron chi connectivity index (χ4n) is 8.82. The molecule has 0 aliphatic carbocycles. The Morgan fingerprint density at radius 1 is 0.455 bits per heavy atom. The van der Waals surface area contributed by atoms with E-state index in [9.17, 15) is 5.26 Å². The minimum absolute atomic E-state index is 0.598. The summed E-state index contributed by atoms with van der Waals surface area (Å²) in [5, 5.41) is 17.5. The van der Waals surface area contributed by atoms with Gasteiger partial charge < -0.3 is 13.7 Å². The van der Waals surface area contributed by atoms with E-state index in [1.165, 1.54) is 21.8 Å². The molecule has 11 aromatic rings. The van der Waals surface area contributed by atoms with Crippen molar-refractivity contribution in [3.63, 3.8) is 0 Å². The summed E-state index contributed by atoms with van der Waals surface area (Å²) in [5.74, 6) is 0. The third-order valence-electron chi connectivity index (χ3n) is 11.1. The van der Waals surface area contributed by atoms with Crippen molar-refractivity contribution in [2.24, 2.45) is 0 Å². The highest BCUT2D eigenvalue weighted by Gasteiger charge is 2.23. The minimum atomic E-state index is 0.598. The first-order chi connectivity index (χ1) is 27.2. The molecule has 11 rings (SSSR count). The van der Waals surface area contributed by atoms with Crippen molar-refractivity contribution in [2.45, 2.75) is 0 Å². The summed E-state index contributed by atoms with van der Waals surface area (Å²) in [4.78, 5) is 3.74. The van der Waals surface area contributed by atoms with Crippen LogP contribution in [-0.4, -0.2) is 13.7 Å². The summed E-state index contributed by atoms with van der Waals surface area (Å²) in [7, 11) is 0. The number of aromatic nitrogens is 3. The Bertz CT molecular complexity index is 3400. The smallest absolute Gasteiger partial charge is 0.188 e. The predicted molar refractivity (Wildman–Crippen MR) is 226 cm³/mol. The molecule has 254 valence electrons. The van der Waals surface area contributed by atoms with Crippen molar-refractivity contribution >= 4 is 71.1 Å². The maximum Gasteiger partial charge on any atom is 0.188 e. The van der Waals surface area contributed by atoms with Crippen LogP contribution < -0.4 is 0 Å². The Morgan fingerprint density at radius 3 is 1.65 bits per heavy atom. The van der Waals surface area contributed by atoms with Gasteiger partial charge >= 0.3 is 0 Å². The lowest BCUT2D eigenvalue weighted by Gasteiger charge is -2.17. The number of rotatable bonds is 4. The summed E-state index contributed by atoms with van der Waals surface area (Å²) in [5.41, 5.74) is 12.7. The highest BCUT2D eigenvalue weighted by molar-refractivity contribution is 6.17. The lowest BCUT2D eigenvalue weighted by atomic mass is 9.99. The topological polar surface area (TPSA) is 42.9 Å². The van der Waals surface area contributed by atoms with Crippen LogP contribution in [-0.2, 0) is 0 Å². The van der Waals surface area contributed by atoms with Gasteiger partial charge in [-0.3, -0.25) is 0 Å². The second-order valence-electron chi connectivity index (χ2n) is 13.9. The zero-order valence-electron chi connectivity index (χ0n) is 29.5. The molecule has 55 heavy (non-hydrogen) atoms. The minimum Gasteiger partial charge on any atom is -0.309 e. The molecule has 0 amide bonds. The van der Waals surface area contributed by atoms with Gasteiger partial charge in [0.2, 0.25) is 0 Å². The van der Waals surface area contributed by atoms with Crippen molar-refractivity contribution in [3.05, 3.63) is 193 Å². The normalized spacial score (nSPS) is 11.6. The monoisotopic (exact) mass is 699 g/mol. The summed E-state index contributed by atoms with van der Waals surface area (Å²) in [6.07, 6.45) is 0. The maximum atomic E-state index is 10.7. The molecule has 3 heterocycles. The summed E-state index contributed by atoms with van der Waals surface area (Å²) < 4.78 is 6.92. The molecule has 0 bridgehead atoms. The highest BCUT2D eigenvalue weighted by Crippen LogP contribution is 2.43. The first kappa shape index (κ1) is 30.7. The van der Waals surface area contributed by atoms with E-state index in [0.29, 0.717) is 11.3 Å². The average Bonchev–Trinajstić information content (AvgIpc) is 3.89. The number of nitrogens with zero attached hydrogens (tertiary/aromatic N) is 5. The van der Waals surface area contributed by atoms with Crippen LogP contribution in [0.15, 0.2) is 176 Å². The van der Waals surface area contributed by atoms with Gasteiger partial charge in [-0.05, 0) is 77.7 Å². The Labute approximate surface area is 316 Å². The van der Waals surface area contributed by atoms with Crippen LogP contribution in [0.4, 0.5) is 5.69 Å². The molecule has 0 atom stereocenters. The van der Waals surface area contributed by atoms with Gasteiger partial charge in [0.05, 0.1) is 56.6 Å². The molecule has 0 aliphatic heterocycles. The molecule has 0 unspecified atom stereocenters. The van der Waals surface area contributed by atoms with Crippen molar-refractivity contribution in [2.75, 3.05) is 0 Å². The van der Waals surface area contributed by atoms with Gasteiger partial charge in [-0.15, -0.1) is 0 Å². The van der Waals surface area contributed by atoms with Gasteiger partial charge in [-0.25, -0.2) is 4.85 Å². The number of hydrogen-bond acceptors (Lipinski definition) is 1. The van der Waals surface area contributed by atoms with Gasteiger partial charge in [-0.1, -0.05) is 109 Å². The zero-order valence-corrected chi connectivity index (χ0v) is 29.5. The van der Waals surface area contributed by atoms with Gasteiger partial charge in [0.15, 0.2) is 5.69 Å². The largest absolute Gasteiger partial charge is 0.309 e. The van der Waals surface area contributed by atoms with E-state index in [2.05, 4.69) is 176 Å². The van der Waals surface area contributed by atoms with Crippen LogP contribution in [0.2, 0.25) is 0 Å². The molecule has 0 saturated carbocycles. The fraction of sp³-hybridized carbons (Fsp3) is 0. The van der Waals surface area contributed by atoms with Crippen LogP contribution in [0.3, 0.4) is 0 Å². The molecular weight excluding hydrogens is 671 g/mol. The van der Waals surface area contributed by atoms with Crippen molar-refractivity contribution < 1.29 is 0 Å². The Hall–Kier alpha value is -7.86. The molecule has 8 aromatic carbocycles. The molecule has 0 N–H and O–H groups in total. The number of benzene rings is 8. The first-order valence-electron chi connectivity index (χ1n) is 18.3. The van der Waals surface area contributed by atoms with Gasteiger partial charge in [0, 0.05) is 38.2 Å². The summed E-state index contributed by atoms with van der Waals surface area (Å²) >= 11 is 0. The molecule has 5 heteroatoms. The number of nitriles is 1. The first-order valence-corrected chi connectivity index (χ1v) is 18.3. The number of para-hydroxylation sites is 5. The molecule has 3 aromatic heterocycles. The molecule has 0 fully saturated rings. The van der Waals surface area contributed by atoms with E-state index >= 15 is 0 Å². The second-order valence-corrected chi connectivity index (χ2v) is 13.9. The van der Waals surface area contributed by atoms with Crippen LogP contribution in [0.25, 0.3) is 98.5 Å². The third kappa shape index (κ3) is 4.39. The van der Waals surface area contributed by atoms with Crippen molar-refractivity contribution in [3.8, 4) is 34.3 Å². The highest BCUT2D eigenvalue weighted by atomic mass is 15.0. The SMILES string of the molecule is [C-]#[N+]c1ccc2c(c1)c1ccccc1n2-c1cccc2c1c1ccccc1n2-c1c(C#N)cccc1-c1ccc(-n2c3ccccc3c3ccccc32)cc1. The lowest BCUT2D eigenvalue weighted by molar-refractivity contribution is 1.16. The quantitative estimate of drug-likeness (QED) is 0.169. The van der Waals surface area contributed by atoms with Crippen molar-refractivity contribution in [1.29, 1.82) is 5.26 Å². The van der Waals surface area contributed by atoms with Crippen molar-refractivity contribution in [1.82, 2.24) is 13.7 Å². The number of fused-ring (bicyclic) bond motifs is 9. The molecule has 5 nitrogen and oxygen atoms in total. The van der Waals surface area contributed by atoms with Crippen LogP contribution in [0, 0.1) is 17.9 Å². The van der Waals surface area contributed by atoms with E-state index in [1.54, 1.807) is 0 Å². The lowest BCUT2D eigenvalue weighted by Crippen LogP contribution is -2.01. The molecule has 0 saturated heterocycles. The summed E-state index contributed by atoms with van der Waals surface area (Å²) in [6.45, 7) is 7.69. The van der Waals surface area contributed by atoms with Gasteiger partial charge in [-0.2, -0.15) is 5.26 Å². The Morgan fingerprint density at radius 2 is 1.00 bits per heavy atom. The zero-order chi connectivity index (χ0) is 36.6. The van der Waals surface area contributed by atoms with E-state index in [1.807, 2.05) is 24.3 Å². The van der Waals surface area contributed by atoms with E-state index < -0.39 is 0 Å². The molecule has 0 radical (unpaired) electrons. The standard InChI is InChI=1S/C50H29N5/c1-52-34-26-29-46-41(30-34)39-15-4-8-20-44(39)54(46)47-22-11-23-48-49(47)40-16-5-9-21-45(40)55(48)50-33(31-51)12-10-17-36(50)32-24-27-35(28-25-32)53-42-18-6-2-13-37(42)38-14-3-7-19-43(38)53/h2-30H. The molecular formula is C50H29N5. The third-order valence-corrected chi connectivity index (χ3v) is 11.1. The summed E-state index contributed by atoms with van der Waals surface area (Å²) in [6, 6.07) is 63.7. The molecule has 0 spiro atoms. The Kier molecular flexibility index (Phi) is 6.61. The Balaban J connectivity index is 1.16. The predicted octanol–water partition coefficient (Wildman–Crippen LogP) is 13.1. The average molecular weight is 700 g/mol. The van der Waals surface area contributed by atoms with Crippen LogP contribution in [0.1, 0.15) is 5.56 Å².